The van der Waals surface area contributed by atoms with Crippen LogP contribution < -0.4 is 9.64 Å². The topological polar surface area (TPSA) is 58.6 Å². The second kappa shape index (κ2) is 13.3. The standard InChI is InChI=1S/C31H42ClFN4O2/c1-36(26-8-3-2-4-9-26)30(38)18-24-10-11-27(19-29(24)33)39-16-6-5-7-23-17-28(23)22-12-14-37(15-13-22)31-34-20-25(32)21-35-31/h10-11,19-23,26,28H,2-9,12-18H2,1H3/t23-,28-/m1/s1. The van der Waals surface area contributed by atoms with Crippen molar-refractivity contribution in [1.82, 2.24) is 14.9 Å². The van der Waals surface area contributed by atoms with Crippen LogP contribution in [0.3, 0.4) is 0 Å². The quantitative estimate of drug-likeness (QED) is 0.288. The summed E-state index contributed by atoms with van der Waals surface area (Å²) in [5, 5.41) is 0.575. The molecule has 3 aliphatic rings. The molecule has 2 aromatic rings. The third kappa shape index (κ3) is 7.62. The first-order valence-corrected chi connectivity index (χ1v) is 15.2. The van der Waals surface area contributed by atoms with Crippen molar-refractivity contribution in [2.45, 2.75) is 83.1 Å². The molecule has 5 rings (SSSR count). The Morgan fingerprint density at radius 1 is 1.10 bits per heavy atom. The summed E-state index contributed by atoms with van der Waals surface area (Å²) in [6.07, 6.45) is 16.3. The first-order chi connectivity index (χ1) is 19.0. The molecule has 0 spiro atoms. The minimum atomic E-state index is -0.354. The molecule has 6 nitrogen and oxygen atoms in total. The van der Waals surface area contributed by atoms with E-state index in [1.807, 2.05) is 11.9 Å². The number of rotatable bonds is 11. The maximum atomic E-state index is 14.7. The van der Waals surface area contributed by atoms with Crippen LogP contribution in [0.2, 0.25) is 5.02 Å². The molecule has 212 valence electrons. The van der Waals surface area contributed by atoms with Crippen LogP contribution in [0, 0.1) is 23.6 Å². The third-order valence-corrected chi connectivity index (χ3v) is 9.33. The average Bonchev–Trinajstić information content (AvgIpc) is 3.74. The lowest BCUT2D eigenvalue weighted by molar-refractivity contribution is -0.131. The van der Waals surface area contributed by atoms with E-state index in [9.17, 15) is 9.18 Å². The highest BCUT2D eigenvalue weighted by molar-refractivity contribution is 6.30. The monoisotopic (exact) mass is 556 g/mol. The number of halogens is 2. The van der Waals surface area contributed by atoms with Gasteiger partial charge in [0.25, 0.3) is 0 Å². The molecule has 0 bridgehead atoms. The highest BCUT2D eigenvalue weighted by Gasteiger charge is 2.43. The molecule has 0 unspecified atom stereocenters. The molecule has 2 atom stereocenters. The van der Waals surface area contributed by atoms with Gasteiger partial charge in [0, 0.05) is 32.2 Å². The summed E-state index contributed by atoms with van der Waals surface area (Å²) in [5.41, 5.74) is 0.446. The van der Waals surface area contributed by atoms with E-state index in [1.54, 1.807) is 24.5 Å². The number of carbonyl (C=O) groups excluding carboxylic acids is 1. The summed E-state index contributed by atoms with van der Waals surface area (Å²) in [4.78, 5) is 25.5. The number of unbranched alkanes of at least 4 members (excludes halogenated alkanes) is 1. The number of aromatic nitrogens is 2. The van der Waals surface area contributed by atoms with Gasteiger partial charge in [0.1, 0.15) is 11.6 Å². The number of hydrogen-bond donors (Lipinski definition) is 0. The van der Waals surface area contributed by atoms with E-state index in [1.165, 1.54) is 51.0 Å². The van der Waals surface area contributed by atoms with E-state index in [0.717, 1.165) is 62.5 Å². The Kier molecular flexibility index (Phi) is 9.59. The maximum Gasteiger partial charge on any atom is 0.227 e. The zero-order valence-electron chi connectivity index (χ0n) is 23.2. The van der Waals surface area contributed by atoms with Gasteiger partial charge < -0.3 is 14.5 Å². The van der Waals surface area contributed by atoms with Gasteiger partial charge in [-0.25, -0.2) is 14.4 Å². The van der Waals surface area contributed by atoms with Crippen molar-refractivity contribution in [2.24, 2.45) is 17.8 Å². The normalized spacial score (nSPS) is 22.1. The lowest BCUT2D eigenvalue weighted by atomic mass is 9.90. The number of benzene rings is 1. The summed E-state index contributed by atoms with van der Waals surface area (Å²) < 4.78 is 20.5. The number of piperidine rings is 1. The van der Waals surface area contributed by atoms with Crippen molar-refractivity contribution in [2.75, 3.05) is 31.6 Å². The lowest BCUT2D eigenvalue weighted by Gasteiger charge is -2.32. The molecule has 2 heterocycles. The lowest BCUT2D eigenvalue weighted by Crippen LogP contribution is -2.39. The van der Waals surface area contributed by atoms with Crippen molar-refractivity contribution in [1.29, 1.82) is 0 Å². The van der Waals surface area contributed by atoms with E-state index in [4.69, 9.17) is 16.3 Å². The van der Waals surface area contributed by atoms with Crippen molar-refractivity contribution in [3.8, 4) is 5.75 Å². The molecule has 0 N–H and O–H groups in total. The van der Waals surface area contributed by atoms with Crippen LogP contribution in [0.1, 0.15) is 76.2 Å². The number of ether oxygens (including phenoxy) is 1. The minimum absolute atomic E-state index is 0.00558. The summed E-state index contributed by atoms with van der Waals surface area (Å²) in [5.74, 6) is 3.49. The van der Waals surface area contributed by atoms with E-state index in [2.05, 4.69) is 14.9 Å². The molecular weight excluding hydrogens is 515 g/mol. The first-order valence-electron chi connectivity index (χ1n) is 14.9. The number of likely N-dealkylation sites (N-methyl/N-ethyl adjacent to an activating group) is 1. The zero-order valence-corrected chi connectivity index (χ0v) is 23.9. The molecular formula is C31H42ClFN4O2. The largest absolute Gasteiger partial charge is 0.493 e. The van der Waals surface area contributed by atoms with E-state index in [0.29, 0.717) is 29.0 Å². The SMILES string of the molecule is CN(C(=O)Cc1ccc(OCCCC[C@@H]2C[C@@H]2C2CCN(c3ncc(Cl)cn3)CC2)cc1F)C1CCCCC1. The fourth-order valence-corrected chi connectivity index (χ4v) is 6.69. The van der Waals surface area contributed by atoms with Crippen LogP contribution in [0.4, 0.5) is 10.3 Å². The molecule has 39 heavy (non-hydrogen) atoms. The zero-order chi connectivity index (χ0) is 27.2. The second-order valence-electron chi connectivity index (χ2n) is 11.8. The first kappa shape index (κ1) is 28.1. The maximum absolute atomic E-state index is 14.7. The molecule has 1 aliphatic heterocycles. The highest BCUT2D eigenvalue weighted by Crippen LogP contribution is 2.50. The van der Waals surface area contributed by atoms with E-state index < -0.39 is 0 Å². The number of carbonyl (C=O) groups is 1. The Bertz CT molecular complexity index is 1090. The Morgan fingerprint density at radius 2 is 1.85 bits per heavy atom. The third-order valence-electron chi connectivity index (χ3n) is 9.13. The van der Waals surface area contributed by atoms with Crippen LogP contribution in [-0.4, -0.2) is 53.6 Å². The van der Waals surface area contributed by atoms with Gasteiger partial charge in [0.15, 0.2) is 0 Å². The van der Waals surface area contributed by atoms with Crippen molar-refractivity contribution >= 4 is 23.5 Å². The van der Waals surface area contributed by atoms with Gasteiger partial charge in [-0.05, 0) is 74.3 Å². The van der Waals surface area contributed by atoms with Gasteiger partial charge in [0.2, 0.25) is 11.9 Å². The van der Waals surface area contributed by atoms with Gasteiger partial charge in [-0.3, -0.25) is 4.79 Å². The number of nitrogens with zero attached hydrogens (tertiary/aromatic N) is 4. The molecule has 2 saturated carbocycles. The fraction of sp³-hybridized carbons (Fsp3) is 0.645. The Labute approximate surface area is 237 Å². The van der Waals surface area contributed by atoms with Gasteiger partial charge in [-0.15, -0.1) is 0 Å². The van der Waals surface area contributed by atoms with Crippen LogP contribution in [0.25, 0.3) is 0 Å². The van der Waals surface area contributed by atoms with Crippen LogP contribution in [0.5, 0.6) is 5.75 Å². The van der Waals surface area contributed by atoms with Gasteiger partial charge in [-0.2, -0.15) is 0 Å². The van der Waals surface area contributed by atoms with Crippen molar-refractivity contribution in [3.63, 3.8) is 0 Å². The summed E-state index contributed by atoms with van der Waals surface area (Å²) in [7, 11) is 1.86. The second-order valence-corrected chi connectivity index (χ2v) is 12.2. The highest BCUT2D eigenvalue weighted by atomic mass is 35.5. The predicted octanol–water partition coefficient (Wildman–Crippen LogP) is 6.70. The molecule has 0 radical (unpaired) electrons. The summed E-state index contributed by atoms with van der Waals surface area (Å²) in [6.45, 7) is 2.63. The summed E-state index contributed by atoms with van der Waals surface area (Å²) in [6, 6.07) is 5.23. The van der Waals surface area contributed by atoms with Gasteiger partial charge in [-0.1, -0.05) is 43.4 Å². The molecule has 1 aromatic carbocycles. The Hall–Kier alpha value is -2.41. The van der Waals surface area contributed by atoms with Gasteiger partial charge in [0.05, 0.1) is 30.4 Å². The Morgan fingerprint density at radius 3 is 2.56 bits per heavy atom. The Balaban J connectivity index is 0.959. The van der Waals surface area contributed by atoms with Crippen LogP contribution in [0.15, 0.2) is 30.6 Å². The summed E-state index contributed by atoms with van der Waals surface area (Å²) >= 11 is 5.91. The van der Waals surface area contributed by atoms with Crippen molar-refractivity contribution in [3.05, 3.63) is 47.0 Å². The molecule has 1 saturated heterocycles. The molecule has 8 heteroatoms. The number of anilines is 1. The minimum Gasteiger partial charge on any atom is -0.493 e. The fourth-order valence-electron chi connectivity index (χ4n) is 6.60. The molecule has 1 aromatic heterocycles. The average molecular weight is 557 g/mol. The molecule has 3 fully saturated rings. The van der Waals surface area contributed by atoms with E-state index in [-0.39, 0.29) is 18.1 Å². The van der Waals surface area contributed by atoms with Crippen LogP contribution >= 0.6 is 11.6 Å². The van der Waals surface area contributed by atoms with E-state index >= 15 is 0 Å². The smallest absolute Gasteiger partial charge is 0.227 e. The predicted molar refractivity (Wildman–Crippen MR) is 153 cm³/mol. The van der Waals surface area contributed by atoms with Crippen molar-refractivity contribution < 1.29 is 13.9 Å². The number of amides is 1. The molecule has 2 aliphatic carbocycles. The van der Waals surface area contributed by atoms with Gasteiger partial charge >= 0.3 is 0 Å². The molecule has 1 amide bonds. The number of hydrogen-bond acceptors (Lipinski definition) is 5. The van der Waals surface area contributed by atoms with Crippen LogP contribution in [-0.2, 0) is 11.2 Å².